The van der Waals surface area contributed by atoms with E-state index in [1.807, 2.05) is 0 Å². The number of hydrogen-bond acceptors (Lipinski definition) is 4. The second-order valence-electron chi connectivity index (χ2n) is 4.13. The summed E-state index contributed by atoms with van der Waals surface area (Å²) in [6, 6.07) is 10.6. The first-order chi connectivity index (χ1) is 10.1. The summed E-state index contributed by atoms with van der Waals surface area (Å²) in [5.74, 6) is -0.322. The zero-order chi connectivity index (χ0) is 14.8. The molecule has 0 atom stereocenters. The number of benzene rings is 2. The monoisotopic (exact) mass is 310 g/mol. The van der Waals surface area contributed by atoms with Crippen LogP contribution in [0.2, 0.25) is 0 Å². The van der Waals surface area contributed by atoms with E-state index in [4.69, 9.17) is 0 Å². The fourth-order valence-corrected chi connectivity index (χ4v) is 2.74. The molecule has 7 heteroatoms. The highest BCUT2D eigenvalue weighted by Gasteiger charge is 2.11. The fraction of sp³-hybridized carbons (Fsp3) is 0.0714. The van der Waals surface area contributed by atoms with Crippen molar-refractivity contribution in [2.75, 3.05) is 5.32 Å². The summed E-state index contributed by atoms with van der Waals surface area (Å²) in [5.41, 5.74) is 1.01. The highest BCUT2D eigenvalue weighted by Crippen LogP contribution is 2.33. The number of rotatable bonds is 4. The van der Waals surface area contributed by atoms with Gasteiger partial charge in [0.1, 0.15) is 11.6 Å². The van der Waals surface area contributed by atoms with Crippen molar-refractivity contribution in [1.29, 1.82) is 0 Å². The van der Waals surface area contributed by atoms with Gasteiger partial charge in [-0.3, -0.25) is 0 Å². The Bertz CT molecular complexity index is 776. The zero-order valence-electron chi connectivity index (χ0n) is 10.5. The smallest absolute Gasteiger partial charge is 0.387 e. The molecule has 0 bridgehead atoms. The Morgan fingerprint density at radius 3 is 2.76 bits per heavy atom. The van der Waals surface area contributed by atoms with E-state index in [2.05, 4.69) is 15.0 Å². The second kappa shape index (κ2) is 5.61. The molecule has 0 aliphatic rings. The summed E-state index contributed by atoms with van der Waals surface area (Å²) in [6.45, 7) is -2.91. The van der Waals surface area contributed by atoms with Crippen molar-refractivity contribution in [2.45, 2.75) is 6.61 Å². The van der Waals surface area contributed by atoms with E-state index in [-0.39, 0.29) is 11.6 Å². The molecule has 3 nitrogen and oxygen atoms in total. The summed E-state index contributed by atoms with van der Waals surface area (Å²) in [4.78, 5) is 4.27. The summed E-state index contributed by atoms with van der Waals surface area (Å²) in [6.07, 6.45) is 0. The third kappa shape index (κ3) is 3.08. The van der Waals surface area contributed by atoms with Gasteiger partial charge in [-0.15, -0.1) is 0 Å². The minimum absolute atomic E-state index is 0.0259. The number of nitrogens with zero attached hydrogens (tertiary/aromatic N) is 1. The Hall–Kier alpha value is -2.28. The van der Waals surface area contributed by atoms with Crippen LogP contribution in [-0.4, -0.2) is 11.6 Å². The number of hydrogen-bond donors (Lipinski definition) is 1. The molecular weight excluding hydrogens is 301 g/mol. The van der Waals surface area contributed by atoms with Crippen LogP contribution < -0.4 is 10.1 Å². The van der Waals surface area contributed by atoms with Gasteiger partial charge in [0.25, 0.3) is 0 Å². The van der Waals surface area contributed by atoms with Crippen molar-refractivity contribution < 1.29 is 17.9 Å². The predicted molar refractivity (Wildman–Crippen MR) is 75.9 cm³/mol. The largest absolute Gasteiger partial charge is 0.433 e. The molecule has 1 N–H and O–H groups in total. The summed E-state index contributed by atoms with van der Waals surface area (Å²) in [7, 11) is 0. The van der Waals surface area contributed by atoms with E-state index in [1.54, 1.807) is 24.3 Å². The Kier molecular flexibility index (Phi) is 3.66. The van der Waals surface area contributed by atoms with Gasteiger partial charge < -0.3 is 10.1 Å². The van der Waals surface area contributed by atoms with Crippen molar-refractivity contribution >= 4 is 32.4 Å². The van der Waals surface area contributed by atoms with Crippen LogP contribution in [0.15, 0.2) is 42.5 Å². The molecule has 1 aromatic heterocycles. The normalized spacial score (nSPS) is 11.0. The molecule has 0 fully saturated rings. The van der Waals surface area contributed by atoms with Crippen LogP contribution in [0.4, 0.5) is 24.0 Å². The Morgan fingerprint density at radius 1 is 1.14 bits per heavy atom. The number of anilines is 2. The fourth-order valence-electron chi connectivity index (χ4n) is 1.84. The molecule has 0 aliphatic carbocycles. The molecule has 0 unspecified atom stereocenters. The molecule has 0 amide bonds. The van der Waals surface area contributed by atoms with Gasteiger partial charge >= 0.3 is 6.61 Å². The van der Waals surface area contributed by atoms with Crippen molar-refractivity contribution in [3.05, 3.63) is 48.3 Å². The molecule has 0 aliphatic heterocycles. The SMILES string of the molecule is Fc1ccc2nc(Nc3ccccc3OC(F)F)sc2c1. The first-order valence-corrected chi connectivity index (χ1v) is 6.80. The molecule has 2 aromatic carbocycles. The quantitative estimate of drug-likeness (QED) is 0.753. The van der Waals surface area contributed by atoms with E-state index in [1.165, 1.54) is 29.5 Å². The Labute approximate surface area is 122 Å². The van der Waals surface area contributed by atoms with Crippen molar-refractivity contribution in [3.63, 3.8) is 0 Å². The lowest BCUT2D eigenvalue weighted by atomic mass is 10.3. The molecule has 3 aromatic rings. The van der Waals surface area contributed by atoms with E-state index in [9.17, 15) is 13.2 Å². The van der Waals surface area contributed by atoms with Crippen LogP contribution in [0.5, 0.6) is 5.75 Å². The average Bonchev–Trinajstić information content (AvgIpc) is 2.82. The molecule has 0 saturated heterocycles. The van der Waals surface area contributed by atoms with Crippen LogP contribution in [-0.2, 0) is 0 Å². The maximum atomic E-state index is 13.1. The molecule has 3 rings (SSSR count). The first-order valence-electron chi connectivity index (χ1n) is 5.99. The van der Waals surface area contributed by atoms with Crippen molar-refractivity contribution in [3.8, 4) is 5.75 Å². The van der Waals surface area contributed by atoms with Gasteiger partial charge in [0, 0.05) is 0 Å². The number of thiazole rings is 1. The molecule has 0 saturated carbocycles. The lowest BCUT2D eigenvalue weighted by molar-refractivity contribution is -0.0493. The highest BCUT2D eigenvalue weighted by molar-refractivity contribution is 7.22. The minimum Gasteiger partial charge on any atom is -0.433 e. The lowest BCUT2D eigenvalue weighted by Gasteiger charge is -2.10. The number of fused-ring (bicyclic) bond motifs is 1. The van der Waals surface area contributed by atoms with Gasteiger partial charge in [-0.1, -0.05) is 23.5 Å². The topological polar surface area (TPSA) is 34.2 Å². The molecule has 0 radical (unpaired) electrons. The zero-order valence-corrected chi connectivity index (χ0v) is 11.3. The second-order valence-corrected chi connectivity index (χ2v) is 5.16. The third-order valence-electron chi connectivity index (χ3n) is 2.70. The van der Waals surface area contributed by atoms with E-state index < -0.39 is 6.61 Å². The Morgan fingerprint density at radius 2 is 1.95 bits per heavy atom. The average molecular weight is 310 g/mol. The molecule has 108 valence electrons. The molecule has 1 heterocycles. The standard InChI is InChI=1S/C14H9F3N2OS/c15-8-5-6-10-12(7-8)21-14(19-10)18-9-3-1-2-4-11(9)20-13(16)17/h1-7,13H,(H,18,19). The van der Waals surface area contributed by atoms with Crippen LogP contribution in [0.3, 0.4) is 0 Å². The van der Waals surface area contributed by atoms with Gasteiger partial charge in [-0.05, 0) is 30.3 Å². The highest BCUT2D eigenvalue weighted by atomic mass is 32.1. The Balaban J connectivity index is 1.91. The van der Waals surface area contributed by atoms with Crippen LogP contribution in [0, 0.1) is 5.82 Å². The van der Waals surface area contributed by atoms with E-state index >= 15 is 0 Å². The van der Waals surface area contributed by atoms with Crippen molar-refractivity contribution in [2.24, 2.45) is 0 Å². The van der Waals surface area contributed by atoms with Crippen LogP contribution in [0.25, 0.3) is 10.2 Å². The molecule has 21 heavy (non-hydrogen) atoms. The molecular formula is C14H9F3N2OS. The van der Waals surface area contributed by atoms with Gasteiger partial charge in [0.2, 0.25) is 0 Å². The number of halogens is 3. The van der Waals surface area contributed by atoms with Gasteiger partial charge in [0.05, 0.1) is 15.9 Å². The first kappa shape index (κ1) is 13.7. The number of ether oxygens (including phenoxy) is 1. The maximum absolute atomic E-state index is 13.1. The summed E-state index contributed by atoms with van der Waals surface area (Å²) < 4.78 is 42.9. The van der Waals surface area contributed by atoms with E-state index in [0.29, 0.717) is 21.0 Å². The van der Waals surface area contributed by atoms with Gasteiger partial charge in [-0.2, -0.15) is 8.78 Å². The van der Waals surface area contributed by atoms with Crippen LogP contribution >= 0.6 is 11.3 Å². The number of alkyl halides is 2. The third-order valence-corrected chi connectivity index (χ3v) is 3.63. The van der Waals surface area contributed by atoms with Crippen molar-refractivity contribution in [1.82, 2.24) is 4.98 Å². The van der Waals surface area contributed by atoms with E-state index in [0.717, 1.165) is 0 Å². The number of para-hydroxylation sites is 2. The maximum Gasteiger partial charge on any atom is 0.387 e. The molecule has 0 spiro atoms. The predicted octanol–water partition coefficient (Wildman–Crippen LogP) is 4.78. The van der Waals surface area contributed by atoms with Gasteiger partial charge in [-0.25, -0.2) is 9.37 Å². The van der Waals surface area contributed by atoms with Crippen LogP contribution in [0.1, 0.15) is 0 Å². The number of aromatic nitrogens is 1. The van der Waals surface area contributed by atoms with Gasteiger partial charge in [0.15, 0.2) is 5.13 Å². The number of nitrogens with one attached hydrogen (secondary N) is 1. The lowest BCUT2D eigenvalue weighted by Crippen LogP contribution is -2.04. The summed E-state index contributed by atoms with van der Waals surface area (Å²) in [5, 5.41) is 3.39. The minimum atomic E-state index is -2.91. The summed E-state index contributed by atoms with van der Waals surface area (Å²) >= 11 is 1.23.